The summed E-state index contributed by atoms with van der Waals surface area (Å²) in [4.78, 5) is 28.4. The van der Waals surface area contributed by atoms with Gasteiger partial charge in [0.25, 0.3) is 5.91 Å². The lowest BCUT2D eigenvalue weighted by atomic mass is 10.1. The number of benzene rings is 2. The first kappa shape index (κ1) is 22.4. The van der Waals surface area contributed by atoms with Crippen molar-refractivity contribution >= 4 is 22.0 Å². The molecule has 2 aromatic carbocycles. The predicted octanol–water partition coefficient (Wildman–Crippen LogP) is 1.64. The average Bonchev–Trinajstić information content (AvgIpc) is 2.94. The molecule has 8 nitrogen and oxygen atoms in total. The second kappa shape index (κ2) is 9.35. The standard InChI is InChI=1S/C22H25FN4O4S/c23-18-7-9-19(10-8-18)32(30,31)26-12-4-11-25(13-14-26)16-27-21(28)20(24-22(27)29)15-17-5-2-1-3-6-17/h1-3,5-10,20H,4,11-16H2,(H,24,29)/t20-/m1/s1. The van der Waals surface area contributed by atoms with Gasteiger partial charge < -0.3 is 5.32 Å². The zero-order valence-corrected chi connectivity index (χ0v) is 18.3. The molecule has 2 saturated heterocycles. The van der Waals surface area contributed by atoms with E-state index in [0.29, 0.717) is 32.5 Å². The molecule has 2 fully saturated rings. The maximum atomic E-state index is 13.2. The van der Waals surface area contributed by atoms with Gasteiger partial charge in [-0.2, -0.15) is 4.31 Å². The van der Waals surface area contributed by atoms with Gasteiger partial charge in [-0.25, -0.2) is 22.5 Å². The maximum absolute atomic E-state index is 13.2. The smallest absolute Gasteiger partial charge is 0.325 e. The summed E-state index contributed by atoms with van der Waals surface area (Å²) in [5, 5.41) is 2.74. The second-order valence-corrected chi connectivity index (χ2v) is 9.87. The molecule has 0 saturated carbocycles. The molecule has 0 bridgehead atoms. The summed E-state index contributed by atoms with van der Waals surface area (Å²) in [6.45, 7) is 1.57. The highest BCUT2D eigenvalue weighted by molar-refractivity contribution is 7.89. The van der Waals surface area contributed by atoms with E-state index in [1.807, 2.05) is 35.2 Å². The largest absolute Gasteiger partial charge is 0.325 e. The van der Waals surface area contributed by atoms with Gasteiger partial charge in [0.1, 0.15) is 11.9 Å². The van der Waals surface area contributed by atoms with Crippen molar-refractivity contribution in [1.29, 1.82) is 0 Å². The molecule has 10 heteroatoms. The quantitative estimate of drug-likeness (QED) is 0.662. The van der Waals surface area contributed by atoms with E-state index < -0.39 is 27.9 Å². The molecule has 0 unspecified atom stereocenters. The van der Waals surface area contributed by atoms with Crippen molar-refractivity contribution in [3.05, 3.63) is 66.0 Å². The van der Waals surface area contributed by atoms with Crippen molar-refractivity contribution in [3.8, 4) is 0 Å². The summed E-state index contributed by atoms with van der Waals surface area (Å²) >= 11 is 0. The van der Waals surface area contributed by atoms with Crippen molar-refractivity contribution in [3.63, 3.8) is 0 Å². The van der Waals surface area contributed by atoms with E-state index >= 15 is 0 Å². The molecule has 32 heavy (non-hydrogen) atoms. The van der Waals surface area contributed by atoms with Gasteiger partial charge in [0.05, 0.1) is 11.6 Å². The number of sulfonamides is 1. The van der Waals surface area contributed by atoms with Crippen molar-refractivity contribution in [2.24, 2.45) is 0 Å². The van der Waals surface area contributed by atoms with Gasteiger partial charge in [-0.3, -0.25) is 9.69 Å². The highest BCUT2D eigenvalue weighted by atomic mass is 32.2. The first-order valence-electron chi connectivity index (χ1n) is 10.5. The molecule has 1 N–H and O–H groups in total. The minimum Gasteiger partial charge on any atom is -0.325 e. The molecule has 2 aromatic rings. The van der Waals surface area contributed by atoms with Crippen LogP contribution in [0.5, 0.6) is 0 Å². The molecule has 4 rings (SSSR count). The van der Waals surface area contributed by atoms with Crippen LogP contribution in [0.4, 0.5) is 9.18 Å². The average molecular weight is 461 g/mol. The van der Waals surface area contributed by atoms with E-state index in [9.17, 15) is 22.4 Å². The van der Waals surface area contributed by atoms with Crippen LogP contribution in [0.15, 0.2) is 59.5 Å². The van der Waals surface area contributed by atoms with Gasteiger partial charge in [0.15, 0.2) is 0 Å². The summed E-state index contributed by atoms with van der Waals surface area (Å²) in [5.74, 6) is -0.774. The van der Waals surface area contributed by atoms with E-state index in [1.165, 1.54) is 21.3 Å². The summed E-state index contributed by atoms with van der Waals surface area (Å²) in [7, 11) is -3.74. The number of hydrogen-bond donors (Lipinski definition) is 1. The fourth-order valence-electron chi connectivity index (χ4n) is 3.98. The van der Waals surface area contributed by atoms with Crippen LogP contribution >= 0.6 is 0 Å². The third kappa shape index (κ3) is 4.82. The Kier molecular flexibility index (Phi) is 6.54. The van der Waals surface area contributed by atoms with Crippen molar-refractivity contribution in [2.45, 2.75) is 23.8 Å². The number of hydrogen-bond acceptors (Lipinski definition) is 5. The molecule has 0 spiro atoms. The molecular formula is C22H25FN4O4S. The molecule has 2 aliphatic heterocycles. The number of nitrogens with one attached hydrogen (secondary N) is 1. The lowest BCUT2D eigenvalue weighted by Crippen LogP contribution is -2.43. The fourth-order valence-corrected chi connectivity index (χ4v) is 5.45. The first-order chi connectivity index (χ1) is 15.3. The van der Waals surface area contributed by atoms with E-state index in [4.69, 9.17) is 0 Å². The van der Waals surface area contributed by atoms with Crippen LogP contribution in [0.25, 0.3) is 0 Å². The van der Waals surface area contributed by atoms with Gasteiger partial charge in [-0.15, -0.1) is 0 Å². The molecule has 3 amide bonds. The van der Waals surface area contributed by atoms with Crippen LogP contribution < -0.4 is 5.32 Å². The molecule has 1 atom stereocenters. The molecular weight excluding hydrogens is 435 g/mol. The Hall–Kier alpha value is -2.82. The minimum absolute atomic E-state index is 0.0465. The van der Waals surface area contributed by atoms with Crippen molar-refractivity contribution in [2.75, 3.05) is 32.8 Å². The summed E-state index contributed by atoms with van der Waals surface area (Å²) in [6.07, 6.45) is 0.975. The van der Waals surface area contributed by atoms with Gasteiger partial charge in [-0.1, -0.05) is 30.3 Å². The fraction of sp³-hybridized carbons (Fsp3) is 0.364. The lowest BCUT2D eigenvalue weighted by Gasteiger charge is -2.25. The van der Waals surface area contributed by atoms with Crippen LogP contribution in [0.3, 0.4) is 0 Å². The Morgan fingerprint density at radius 1 is 0.938 bits per heavy atom. The minimum atomic E-state index is -3.74. The number of urea groups is 1. The molecule has 2 aliphatic rings. The number of imide groups is 1. The van der Waals surface area contributed by atoms with E-state index in [2.05, 4.69) is 5.32 Å². The van der Waals surface area contributed by atoms with Crippen molar-refractivity contribution < 1.29 is 22.4 Å². The number of nitrogens with zero attached hydrogens (tertiary/aromatic N) is 3. The first-order valence-corrected chi connectivity index (χ1v) is 11.9. The summed E-state index contributed by atoms with van der Waals surface area (Å²) < 4.78 is 40.3. The lowest BCUT2D eigenvalue weighted by molar-refractivity contribution is -0.128. The molecule has 2 heterocycles. The Labute approximate surface area is 186 Å². The van der Waals surface area contributed by atoms with Crippen LogP contribution in [0, 0.1) is 5.82 Å². The van der Waals surface area contributed by atoms with E-state index in [0.717, 1.165) is 17.7 Å². The number of carbonyl (C=O) groups excluding carboxylic acids is 2. The molecule has 0 aromatic heterocycles. The molecule has 0 radical (unpaired) electrons. The maximum Gasteiger partial charge on any atom is 0.325 e. The third-order valence-electron chi connectivity index (χ3n) is 5.73. The Bertz CT molecular complexity index is 1080. The number of amides is 3. The predicted molar refractivity (Wildman–Crippen MR) is 116 cm³/mol. The monoisotopic (exact) mass is 460 g/mol. The highest BCUT2D eigenvalue weighted by Gasteiger charge is 2.39. The molecule has 170 valence electrons. The zero-order chi connectivity index (χ0) is 22.7. The number of rotatable bonds is 6. The van der Waals surface area contributed by atoms with Gasteiger partial charge in [0.2, 0.25) is 10.0 Å². The van der Waals surface area contributed by atoms with Crippen LogP contribution in [-0.2, 0) is 21.2 Å². The third-order valence-corrected chi connectivity index (χ3v) is 7.64. The normalized spacial score (nSPS) is 20.9. The van der Waals surface area contributed by atoms with Gasteiger partial charge in [0, 0.05) is 32.6 Å². The van der Waals surface area contributed by atoms with E-state index in [1.54, 1.807) is 0 Å². The van der Waals surface area contributed by atoms with Gasteiger partial charge >= 0.3 is 6.03 Å². The van der Waals surface area contributed by atoms with Crippen molar-refractivity contribution in [1.82, 2.24) is 19.4 Å². The Balaban J connectivity index is 1.37. The van der Waals surface area contributed by atoms with E-state index in [-0.39, 0.29) is 24.0 Å². The van der Waals surface area contributed by atoms with Crippen LogP contribution in [0.1, 0.15) is 12.0 Å². The number of carbonyl (C=O) groups is 2. The summed E-state index contributed by atoms with van der Waals surface area (Å²) in [5.41, 5.74) is 0.962. The Morgan fingerprint density at radius 3 is 2.38 bits per heavy atom. The Morgan fingerprint density at radius 2 is 1.66 bits per heavy atom. The number of halogens is 1. The SMILES string of the molecule is O=C1N[C@H](Cc2ccccc2)C(=O)N1CN1CCCN(S(=O)(=O)c2ccc(F)cc2)CC1. The second-order valence-electron chi connectivity index (χ2n) is 7.93. The topological polar surface area (TPSA) is 90.0 Å². The summed E-state index contributed by atoms with van der Waals surface area (Å²) in [6, 6.07) is 13.2. The van der Waals surface area contributed by atoms with Gasteiger partial charge in [-0.05, 0) is 36.2 Å². The zero-order valence-electron chi connectivity index (χ0n) is 17.5. The molecule has 0 aliphatic carbocycles. The van der Waals surface area contributed by atoms with Crippen LogP contribution in [0.2, 0.25) is 0 Å². The highest BCUT2D eigenvalue weighted by Crippen LogP contribution is 2.19. The van der Waals surface area contributed by atoms with Crippen LogP contribution in [-0.4, -0.2) is 73.4 Å².